The van der Waals surface area contributed by atoms with Gasteiger partial charge >= 0.3 is 0 Å². The first-order valence-corrected chi connectivity index (χ1v) is 7.92. The first-order valence-electron chi connectivity index (χ1n) is 7.92. The summed E-state index contributed by atoms with van der Waals surface area (Å²) < 4.78 is 0. The van der Waals surface area contributed by atoms with E-state index in [0.29, 0.717) is 17.4 Å². The number of pyridine rings is 1. The Balaban J connectivity index is 1.75. The van der Waals surface area contributed by atoms with Gasteiger partial charge < -0.3 is 16.0 Å². The number of aromatic nitrogens is 3. The lowest BCUT2D eigenvalue weighted by Crippen LogP contribution is -2.30. The van der Waals surface area contributed by atoms with Gasteiger partial charge in [-0.2, -0.15) is 9.97 Å². The van der Waals surface area contributed by atoms with Gasteiger partial charge in [-0.25, -0.2) is 4.98 Å². The summed E-state index contributed by atoms with van der Waals surface area (Å²) in [7, 11) is 1.89. The van der Waals surface area contributed by atoms with E-state index in [9.17, 15) is 0 Å². The predicted octanol–water partition coefficient (Wildman–Crippen LogP) is 1.85. The highest BCUT2D eigenvalue weighted by molar-refractivity contribution is 5.90. The molecule has 22 heavy (non-hydrogen) atoms. The molecule has 0 radical (unpaired) electrons. The van der Waals surface area contributed by atoms with Crippen molar-refractivity contribution < 1.29 is 0 Å². The quantitative estimate of drug-likeness (QED) is 0.803. The molecule has 116 valence electrons. The third-order valence-corrected chi connectivity index (χ3v) is 4.99. The fourth-order valence-electron chi connectivity index (χ4n) is 3.57. The summed E-state index contributed by atoms with van der Waals surface area (Å²) in [5, 5.41) is 11.2. The molecule has 6 heteroatoms. The zero-order valence-electron chi connectivity index (χ0n) is 13.3. The van der Waals surface area contributed by atoms with E-state index in [-0.39, 0.29) is 0 Å². The maximum absolute atomic E-state index is 4.67. The zero-order chi connectivity index (χ0) is 15.3. The molecule has 1 aliphatic heterocycles. The lowest BCUT2D eigenvalue weighted by molar-refractivity contribution is 0.522. The van der Waals surface area contributed by atoms with E-state index in [4.69, 9.17) is 0 Å². The van der Waals surface area contributed by atoms with Gasteiger partial charge in [-0.3, -0.25) is 0 Å². The highest BCUT2D eigenvalue weighted by atomic mass is 15.2. The molecule has 3 heterocycles. The van der Waals surface area contributed by atoms with Crippen molar-refractivity contribution in [2.24, 2.45) is 5.41 Å². The van der Waals surface area contributed by atoms with E-state index >= 15 is 0 Å². The van der Waals surface area contributed by atoms with Gasteiger partial charge in [0.2, 0.25) is 5.95 Å². The molecule has 1 saturated carbocycles. The average Bonchev–Trinajstić information content (AvgIpc) is 3.15. The van der Waals surface area contributed by atoms with Crippen LogP contribution in [0.4, 0.5) is 11.8 Å². The van der Waals surface area contributed by atoms with Crippen molar-refractivity contribution in [3.05, 3.63) is 17.3 Å². The number of nitrogens with one attached hydrogen (secondary N) is 3. The molecule has 2 aromatic heterocycles. The molecule has 6 nitrogen and oxygen atoms in total. The third-order valence-electron chi connectivity index (χ3n) is 4.99. The van der Waals surface area contributed by atoms with E-state index in [1.807, 2.05) is 14.0 Å². The van der Waals surface area contributed by atoms with Crippen molar-refractivity contribution in [1.29, 1.82) is 0 Å². The Kier molecular flexibility index (Phi) is 2.97. The number of hydrogen-bond acceptors (Lipinski definition) is 6. The van der Waals surface area contributed by atoms with Crippen LogP contribution in [0, 0.1) is 19.3 Å². The minimum absolute atomic E-state index is 0.417. The standard InChI is InChI=1S/C16H22N6/c1-9-6-10(2)19-14-12(9)13(17-3)21-15(22-14)20-11-7-18-8-16(11)4-5-16/h6,11,18H,4-5,7-8H2,1-3H3,(H2,17,19,20,21,22). The minimum atomic E-state index is 0.417. The van der Waals surface area contributed by atoms with Crippen molar-refractivity contribution in [3.8, 4) is 0 Å². The minimum Gasteiger partial charge on any atom is -0.372 e. The Bertz CT molecular complexity index is 737. The smallest absolute Gasteiger partial charge is 0.227 e. The second-order valence-electron chi connectivity index (χ2n) is 6.62. The van der Waals surface area contributed by atoms with Gasteiger partial charge in [0, 0.05) is 37.3 Å². The van der Waals surface area contributed by atoms with Crippen molar-refractivity contribution in [3.63, 3.8) is 0 Å². The maximum atomic E-state index is 4.67. The first kappa shape index (κ1) is 13.7. The van der Waals surface area contributed by atoms with Gasteiger partial charge in [-0.1, -0.05) is 0 Å². The third kappa shape index (κ3) is 2.09. The van der Waals surface area contributed by atoms with Crippen LogP contribution in [0.2, 0.25) is 0 Å². The number of aryl methyl sites for hydroxylation is 2. The Morgan fingerprint density at radius 1 is 1.23 bits per heavy atom. The zero-order valence-corrected chi connectivity index (χ0v) is 13.3. The van der Waals surface area contributed by atoms with E-state index in [1.54, 1.807) is 0 Å². The summed E-state index contributed by atoms with van der Waals surface area (Å²) in [6.07, 6.45) is 2.58. The molecule has 1 spiro atoms. The van der Waals surface area contributed by atoms with Crippen LogP contribution in [0.5, 0.6) is 0 Å². The van der Waals surface area contributed by atoms with Crippen molar-refractivity contribution in [1.82, 2.24) is 20.3 Å². The van der Waals surface area contributed by atoms with Crippen molar-refractivity contribution >= 4 is 22.8 Å². The van der Waals surface area contributed by atoms with Crippen LogP contribution in [0.25, 0.3) is 11.0 Å². The fraction of sp³-hybridized carbons (Fsp3) is 0.562. The van der Waals surface area contributed by atoms with E-state index in [1.165, 1.54) is 12.8 Å². The molecule has 1 unspecified atom stereocenters. The Labute approximate surface area is 130 Å². The molecule has 1 saturated heterocycles. The summed E-state index contributed by atoms with van der Waals surface area (Å²) in [6.45, 7) is 6.17. The predicted molar refractivity (Wildman–Crippen MR) is 88.3 cm³/mol. The maximum Gasteiger partial charge on any atom is 0.227 e. The highest BCUT2D eigenvalue weighted by Crippen LogP contribution is 2.51. The molecule has 4 rings (SSSR count). The van der Waals surface area contributed by atoms with Crippen molar-refractivity contribution in [2.45, 2.75) is 32.7 Å². The summed E-state index contributed by atoms with van der Waals surface area (Å²) in [5.41, 5.74) is 3.32. The van der Waals surface area contributed by atoms with Crippen LogP contribution >= 0.6 is 0 Å². The van der Waals surface area contributed by atoms with Crippen LogP contribution in [0.1, 0.15) is 24.1 Å². The van der Waals surface area contributed by atoms with Gasteiger partial charge in [-0.15, -0.1) is 0 Å². The van der Waals surface area contributed by atoms with Crippen LogP contribution in [-0.4, -0.2) is 41.1 Å². The molecule has 3 N–H and O–H groups in total. The molecule has 2 fully saturated rings. The normalized spacial score (nSPS) is 22.2. The first-order chi connectivity index (χ1) is 10.6. The summed E-state index contributed by atoms with van der Waals surface area (Å²) >= 11 is 0. The molecule has 1 aliphatic carbocycles. The molecule has 0 bridgehead atoms. The number of hydrogen-bond donors (Lipinski definition) is 3. The molecule has 1 atom stereocenters. The van der Waals surface area contributed by atoms with Crippen LogP contribution in [0.3, 0.4) is 0 Å². The van der Waals surface area contributed by atoms with E-state index in [2.05, 4.69) is 43.9 Å². The molecule has 2 aromatic rings. The van der Waals surface area contributed by atoms with Crippen LogP contribution in [-0.2, 0) is 0 Å². The largest absolute Gasteiger partial charge is 0.372 e. The molecular formula is C16H22N6. The topological polar surface area (TPSA) is 74.8 Å². The lowest BCUT2D eigenvalue weighted by atomic mass is 10.0. The van der Waals surface area contributed by atoms with Gasteiger partial charge in [0.25, 0.3) is 0 Å². The Morgan fingerprint density at radius 3 is 2.77 bits per heavy atom. The van der Waals surface area contributed by atoms with Gasteiger partial charge in [0.05, 0.1) is 5.39 Å². The van der Waals surface area contributed by atoms with E-state index < -0.39 is 0 Å². The molecule has 0 amide bonds. The molecule has 2 aliphatic rings. The average molecular weight is 298 g/mol. The Hall–Kier alpha value is -1.95. The SMILES string of the molecule is CNc1nc(NC2CNCC23CC3)nc2nc(C)cc(C)c12. The number of anilines is 2. The second-order valence-corrected chi connectivity index (χ2v) is 6.62. The monoisotopic (exact) mass is 298 g/mol. The number of rotatable bonds is 3. The van der Waals surface area contributed by atoms with Gasteiger partial charge in [0.1, 0.15) is 5.82 Å². The number of fused-ring (bicyclic) bond motifs is 1. The van der Waals surface area contributed by atoms with Crippen molar-refractivity contribution in [2.75, 3.05) is 30.8 Å². The summed E-state index contributed by atoms with van der Waals surface area (Å²) in [5.74, 6) is 1.52. The van der Waals surface area contributed by atoms with Gasteiger partial charge in [-0.05, 0) is 38.3 Å². The number of nitrogens with zero attached hydrogens (tertiary/aromatic N) is 3. The second kappa shape index (κ2) is 4.78. The highest BCUT2D eigenvalue weighted by Gasteiger charge is 2.52. The van der Waals surface area contributed by atoms with Gasteiger partial charge in [0.15, 0.2) is 5.65 Å². The van der Waals surface area contributed by atoms with Crippen LogP contribution < -0.4 is 16.0 Å². The summed E-state index contributed by atoms with van der Waals surface area (Å²) in [6, 6.07) is 2.49. The molecule has 0 aromatic carbocycles. The fourth-order valence-corrected chi connectivity index (χ4v) is 3.57. The van der Waals surface area contributed by atoms with Crippen LogP contribution in [0.15, 0.2) is 6.07 Å². The summed E-state index contributed by atoms with van der Waals surface area (Å²) in [4.78, 5) is 13.9. The molecular weight excluding hydrogens is 276 g/mol. The van der Waals surface area contributed by atoms with E-state index in [0.717, 1.165) is 41.2 Å². The lowest BCUT2D eigenvalue weighted by Gasteiger charge is -2.19. The Morgan fingerprint density at radius 2 is 2.05 bits per heavy atom.